The fourth-order valence-corrected chi connectivity index (χ4v) is 4.02. The number of hydrogen-bond acceptors (Lipinski definition) is 4. The van der Waals surface area contributed by atoms with Crippen molar-refractivity contribution in [3.05, 3.63) is 47.0 Å². The minimum atomic E-state index is -0.208. The first kappa shape index (κ1) is 16.6. The summed E-state index contributed by atoms with van der Waals surface area (Å²) in [4.78, 5) is 14.4. The number of rotatable bonds is 6. The Morgan fingerprint density at radius 3 is 3.00 bits per heavy atom. The van der Waals surface area contributed by atoms with Crippen LogP contribution in [-0.2, 0) is 22.6 Å². The topological polar surface area (TPSA) is 38.8 Å². The molecule has 0 aromatic heterocycles. The maximum Gasteiger partial charge on any atom is 0.339 e. The molecule has 1 saturated heterocycles. The van der Waals surface area contributed by atoms with Crippen molar-refractivity contribution in [1.29, 1.82) is 0 Å². The molecule has 0 radical (unpaired) electrons. The van der Waals surface area contributed by atoms with Crippen LogP contribution in [0.1, 0.15) is 47.2 Å². The third-order valence-electron chi connectivity index (χ3n) is 5.33. The molecule has 4 nitrogen and oxygen atoms in total. The van der Waals surface area contributed by atoms with E-state index in [0.717, 1.165) is 43.5 Å². The first-order chi connectivity index (χ1) is 12.2. The molecule has 2 aromatic carbocycles. The number of nitrogens with zero attached hydrogens (tertiary/aromatic N) is 1. The predicted molar refractivity (Wildman–Crippen MR) is 97.6 cm³/mol. The van der Waals surface area contributed by atoms with Gasteiger partial charge in [0.2, 0.25) is 0 Å². The first-order valence-electron chi connectivity index (χ1n) is 9.23. The largest absolute Gasteiger partial charge is 0.457 e. The lowest BCUT2D eigenvalue weighted by molar-refractivity contribution is 0.0463. The number of esters is 1. The lowest BCUT2D eigenvalue weighted by Crippen LogP contribution is -2.21. The van der Waals surface area contributed by atoms with E-state index in [4.69, 9.17) is 9.47 Å². The molecule has 0 spiro atoms. The molecule has 1 atom stereocenters. The Balaban J connectivity index is 1.47. The number of benzene rings is 2. The Bertz CT molecular complexity index is 780. The van der Waals surface area contributed by atoms with E-state index in [1.54, 1.807) is 0 Å². The molecule has 1 fully saturated rings. The van der Waals surface area contributed by atoms with E-state index >= 15 is 0 Å². The Hall–Kier alpha value is -1.91. The van der Waals surface area contributed by atoms with Crippen molar-refractivity contribution in [2.45, 2.75) is 44.9 Å². The van der Waals surface area contributed by atoms with Gasteiger partial charge in [0.1, 0.15) is 6.61 Å². The van der Waals surface area contributed by atoms with Gasteiger partial charge in [-0.15, -0.1) is 0 Å². The summed E-state index contributed by atoms with van der Waals surface area (Å²) in [7, 11) is 2.17. The highest BCUT2D eigenvalue weighted by Crippen LogP contribution is 2.31. The van der Waals surface area contributed by atoms with E-state index in [1.165, 1.54) is 23.8 Å². The van der Waals surface area contributed by atoms with E-state index in [2.05, 4.69) is 30.1 Å². The summed E-state index contributed by atoms with van der Waals surface area (Å²) < 4.78 is 11.0. The molecule has 4 rings (SSSR count). The van der Waals surface area contributed by atoms with Crippen LogP contribution < -0.4 is 0 Å². The van der Waals surface area contributed by atoms with Crippen LogP contribution in [-0.4, -0.2) is 37.2 Å². The highest BCUT2D eigenvalue weighted by Gasteiger charge is 2.21. The highest BCUT2D eigenvalue weighted by atomic mass is 16.5. The first-order valence-corrected chi connectivity index (χ1v) is 9.23. The zero-order valence-electron chi connectivity index (χ0n) is 14.8. The molecular weight excluding hydrogens is 314 g/mol. The van der Waals surface area contributed by atoms with Crippen LogP contribution in [0.4, 0.5) is 0 Å². The normalized spacial score (nSPS) is 19.6. The van der Waals surface area contributed by atoms with Crippen LogP contribution in [0.25, 0.3) is 10.8 Å². The molecule has 2 aliphatic heterocycles. The van der Waals surface area contributed by atoms with Crippen molar-refractivity contribution in [2.75, 3.05) is 20.2 Å². The van der Waals surface area contributed by atoms with Crippen LogP contribution in [0.5, 0.6) is 0 Å². The van der Waals surface area contributed by atoms with E-state index in [9.17, 15) is 4.79 Å². The SMILES string of the molecule is CN(CCC[C@@H]1CCCO1)Cc1ccc2c3c(cccc13)C(=O)OC2. The highest BCUT2D eigenvalue weighted by molar-refractivity contribution is 6.08. The van der Waals surface area contributed by atoms with Crippen LogP contribution in [0.15, 0.2) is 30.3 Å². The van der Waals surface area contributed by atoms with E-state index < -0.39 is 0 Å². The molecule has 0 aliphatic carbocycles. The van der Waals surface area contributed by atoms with E-state index in [1.807, 2.05) is 12.1 Å². The van der Waals surface area contributed by atoms with Gasteiger partial charge in [0, 0.05) is 18.5 Å². The van der Waals surface area contributed by atoms with Crippen molar-refractivity contribution >= 4 is 16.7 Å². The summed E-state index contributed by atoms with van der Waals surface area (Å²) in [6.07, 6.45) is 5.22. The van der Waals surface area contributed by atoms with Gasteiger partial charge in [0.05, 0.1) is 11.7 Å². The van der Waals surface area contributed by atoms with Crippen molar-refractivity contribution in [2.24, 2.45) is 0 Å². The minimum Gasteiger partial charge on any atom is -0.457 e. The molecule has 2 aromatic rings. The number of hydrogen-bond donors (Lipinski definition) is 0. The quantitative estimate of drug-likeness (QED) is 0.748. The standard InChI is InChI=1S/C21H25NO3/c1-22(11-3-5-17-6-4-12-24-17)13-15-9-10-16-14-25-21(23)19-8-2-7-18(15)20(16)19/h2,7-10,17H,3-6,11-14H2,1H3/t17-/m1/s1. The maximum atomic E-state index is 12.0. The lowest BCUT2D eigenvalue weighted by Gasteiger charge is -2.22. The number of carbonyl (C=O) groups excluding carboxylic acids is 1. The second kappa shape index (κ2) is 7.14. The summed E-state index contributed by atoms with van der Waals surface area (Å²) >= 11 is 0. The molecule has 4 heteroatoms. The number of cyclic esters (lactones) is 1. The second-order valence-corrected chi connectivity index (χ2v) is 7.20. The van der Waals surface area contributed by atoms with Gasteiger partial charge in [-0.25, -0.2) is 4.79 Å². The Morgan fingerprint density at radius 2 is 2.16 bits per heavy atom. The van der Waals surface area contributed by atoms with Gasteiger partial charge in [0.15, 0.2) is 0 Å². The summed E-state index contributed by atoms with van der Waals surface area (Å²) in [5.74, 6) is -0.208. The van der Waals surface area contributed by atoms with Gasteiger partial charge in [-0.05, 0) is 61.9 Å². The van der Waals surface area contributed by atoms with Crippen molar-refractivity contribution in [3.8, 4) is 0 Å². The number of ether oxygens (including phenoxy) is 2. The van der Waals surface area contributed by atoms with E-state index in [-0.39, 0.29) is 5.97 Å². The van der Waals surface area contributed by atoms with Crippen LogP contribution in [0.2, 0.25) is 0 Å². The van der Waals surface area contributed by atoms with Crippen molar-refractivity contribution < 1.29 is 14.3 Å². The molecule has 0 amide bonds. The molecule has 0 saturated carbocycles. The van der Waals surface area contributed by atoms with Gasteiger partial charge in [-0.3, -0.25) is 0 Å². The Labute approximate surface area is 148 Å². The molecule has 2 heterocycles. The molecule has 25 heavy (non-hydrogen) atoms. The zero-order valence-corrected chi connectivity index (χ0v) is 14.8. The minimum absolute atomic E-state index is 0.208. The second-order valence-electron chi connectivity index (χ2n) is 7.20. The predicted octanol–water partition coefficient (Wildman–Crippen LogP) is 3.90. The van der Waals surface area contributed by atoms with Gasteiger partial charge >= 0.3 is 5.97 Å². The molecule has 0 bridgehead atoms. The summed E-state index contributed by atoms with van der Waals surface area (Å²) in [6.45, 7) is 3.26. The average Bonchev–Trinajstić information content (AvgIpc) is 3.13. The zero-order chi connectivity index (χ0) is 17.2. The fourth-order valence-electron chi connectivity index (χ4n) is 4.02. The molecule has 0 N–H and O–H groups in total. The van der Waals surface area contributed by atoms with Crippen LogP contribution in [0.3, 0.4) is 0 Å². The third kappa shape index (κ3) is 3.42. The third-order valence-corrected chi connectivity index (χ3v) is 5.33. The van der Waals surface area contributed by atoms with Gasteiger partial charge < -0.3 is 14.4 Å². The summed E-state index contributed by atoms with van der Waals surface area (Å²) in [5.41, 5.74) is 3.08. The van der Waals surface area contributed by atoms with Gasteiger partial charge in [0.25, 0.3) is 0 Å². The number of carbonyl (C=O) groups is 1. The molecule has 2 aliphatic rings. The Morgan fingerprint density at radius 1 is 1.24 bits per heavy atom. The summed E-state index contributed by atoms with van der Waals surface area (Å²) in [5, 5.41) is 2.25. The van der Waals surface area contributed by atoms with E-state index in [0.29, 0.717) is 18.3 Å². The molecule has 0 unspecified atom stereocenters. The van der Waals surface area contributed by atoms with Crippen molar-refractivity contribution in [1.82, 2.24) is 4.90 Å². The fraction of sp³-hybridized carbons (Fsp3) is 0.476. The molecule has 132 valence electrons. The average molecular weight is 339 g/mol. The molecular formula is C21H25NO3. The van der Waals surface area contributed by atoms with Crippen LogP contribution in [0, 0.1) is 0 Å². The van der Waals surface area contributed by atoms with Crippen LogP contribution >= 0.6 is 0 Å². The monoisotopic (exact) mass is 339 g/mol. The smallest absolute Gasteiger partial charge is 0.339 e. The maximum absolute atomic E-state index is 12.0. The Kier molecular flexibility index (Phi) is 4.73. The summed E-state index contributed by atoms with van der Waals surface area (Å²) in [6, 6.07) is 10.2. The van der Waals surface area contributed by atoms with Gasteiger partial charge in [-0.2, -0.15) is 0 Å². The lowest BCUT2D eigenvalue weighted by atomic mass is 9.94. The van der Waals surface area contributed by atoms with Crippen molar-refractivity contribution in [3.63, 3.8) is 0 Å². The van der Waals surface area contributed by atoms with Gasteiger partial charge in [-0.1, -0.05) is 24.3 Å².